The van der Waals surface area contributed by atoms with Crippen molar-refractivity contribution < 1.29 is 0 Å². The zero-order valence-corrected chi connectivity index (χ0v) is 26.4. The Labute approximate surface area is 281 Å². The molecule has 0 spiro atoms. The zero-order chi connectivity index (χ0) is 32.2. The Morgan fingerprint density at radius 3 is 1.33 bits per heavy atom. The predicted octanol–water partition coefficient (Wildman–Crippen LogP) is 12.1. The van der Waals surface area contributed by atoms with Crippen LogP contribution in [0.1, 0.15) is 0 Å². The van der Waals surface area contributed by atoms with Crippen molar-refractivity contribution in [2.75, 3.05) is 0 Å². The quantitative estimate of drug-likeness (QED) is 0.176. The highest BCUT2D eigenvalue weighted by atomic mass is 16.1. The van der Waals surface area contributed by atoms with Gasteiger partial charge in [0.25, 0.3) is 5.56 Å². The molecule has 226 valence electrons. The number of aromatic nitrogens is 1. The first-order valence-electron chi connectivity index (χ1n) is 16.8. The maximum absolute atomic E-state index is 14.2. The molecule has 0 radical (unpaired) electrons. The summed E-state index contributed by atoms with van der Waals surface area (Å²) in [5, 5.41) is 14.9. The molecule has 0 N–H and O–H groups in total. The molecule has 2 heterocycles. The maximum atomic E-state index is 14.2. The van der Waals surface area contributed by atoms with Crippen LogP contribution in [0.15, 0.2) is 169 Å². The van der Waals surface area contributed by atoms with Crippen LogP contribution in [-0.4, -0.2) is 4.40 Å². The molecule has 0 saturated carbocycles. The molecule has 0 unspecified atom stereocenters. The second kappa shape index (κ2) is 9.76. The molecule has 0 aliphatic rings. The van der Waals surface area contributed by atoms with E-state index < -0.39 is 0 Å². The first-order chi connectivity index (χ1) is 24.2. The van der Waals surface area contributed by atoms with Crippen LogP contribution in [-0.2, 0) is 0 Å². The normalized spacial score (nSPS) is 12.2. The number of nitrogens with zero attached hydrogens (tertiary/aromatic N) is 1. The Hall–Kier alpha value is -6.51. The van der Waals surface area contributed by atoms with Gasteiger partial charge in [-0.1, -0.05) is 121 Å². The summed E-state index contributed by atoms with van der Waals surface area (Å²) in [6.45, 7) is 0. The molecule has 0 fully saturated rings. The molecule has 0 bridgehead atoms. The standard InChI is InChI=1S/C47H27NO/c49-47-39-12-6-5-11-38(39)43-26-35(34-20-18-31-16-14-29-8-2-4-10-37(29)41(31)24-34)27-44-42-25-33(21-22-45(42)48(47)46(43)44)32-19-17-30-15-13-28-7-1-3-9-36(28)40(30)23-32/h1-27H. The van der Waals surface area contributed by atoms with Gasteiger partial charge in [-0.25, -0.2) is 0 Å². The molecule has 11 aromatic rings. The van der Waals surface area contributed by atoms with E-state index in [9.17, 15) is 4.79 Å². The largest absolute Gasteiger partial charge is 0.275 e. The lowest BCUT2D eigenvalue weighted by Crippen LogP contribution is -2.12. The predicted molar refractivity (Wildman–Crippen MR) is 208 cm³/mol. The molecular weight excluding hydrogens is 595 g/mol. The summed E-state index contributed by atoms with van der Waals surface area (Å²) in [5.41, 5.74) is 6.54. The maximum Gasteiger partial charge on any atom is 0.263 e. The van der Waals surface area contributed by atoms with E-state index >= 15 is 0 Å². The van der Waals surface area contributed by atoms with Crippen molar-refractivity contribution in [1.82, 2.24) is 4.40 Å². The van der Waals surface area contributed by atoms with Gasteiger partial charge in [-0.3, -0.25) is 9.20 Å². The van der Waals surface area contributed by atoms with Gasteiger partial charge in [-0.05, 0) is 113 Å². The van der Waals surface area contributed by atoms with E-state index in [0.29, 0.717) is 0 Å². The molecule has 0 atom stereocenters. The third-order valence-electron chi connectivity index (χ3n) is 10.7. The highest BCUT2D eigenvalue weighted by Gasteiger charge is 2.19. The van der Waals surface area contributed by atoms with Crippen LogP contribution in [0.3, 0.4) is 0 Å². The molecule has 9 aromatic carbocycles. The molecule has 0 aliphatic heterocycles. The van der Waals surface area contributed by atoms with Crippen LogP contribution in [0.2, 0.25) is 0 Å². The van der Waals surface area contributed by atoms with Gasteiger partial charge in [-0.15, -0.1) is 0 Å². The minimum atomic E-state index is 0.0259. The van der Waals surface area contributed by atoms with Crippen LogP contribution in [0.4, 0.5) is 0 Å². The van der Waals surface area contributed by atoms with Gasteiger partial charge in [-0.2, -0.15) is 0 Å². The van der Waals surface area contributed by atoms with Crippen molar-refractivity contribution in [2.24, 2.45) is 0 Å². The molecule has 2 aromatic heterocycles. The summed E-state index contributed by atoms with van der Waals surface area (Å²) < 4.78 is 1.94. The van der Waals surface area contributed by atoms with Crippen molar-refractivity contribution in [3.8, 4) is 22.3 Å². The monoisotopic (exact) mass is 621 g/mol. The van der Waals surface area contributed by atoms with Gasteiger partial charge in [0.1, 0.15) is 0 Å². The summed E-state index contributed by atoms with van der Waals surface area (Å²) in [6, 6.07) is 58.7. The highest BCUT2D eigenvalue weighted by Crippen LogP contribution is 2.41. The summed E-state index contributed by atoms with van der Waals surface area (Å²) >= 11 is 0. The molecule has 2 nitrogen and oxygen atoms in total. The molecule has 0 amide bonds. The fraction of sp³-hybridized carbons (Fsp3) is 0. The number of hydrogen-bond donors (Lipinski definition) is 0. The first-order valence-corrected chi connectivity index (χ1v) is 16.8. The molecule has 2 heteroatoms. The molecule has 0 aliphatic carbocycles. The van der Waals surface area contributed by atoms with E-state index in [2.05, 4.69) is 146 Å². The second-order valence-corrected chi connectivity index (χ2v) is 13.3. The van der Waals surface area contributed by atoms with Crippen molar-refractivity contribution in [1.29, 1.82) is 0 Å². The SMILES string of the molecule is O=c1c2ccccc2c2cc(-c3ccc4ccc5ccccc5c4c3)cc3c4cc(-c5ccc6ccc7ccccc7c6c5)ccc4n1c23. The number of hydrogen-bond acceptors (Lipinski definition) is 1. The van der Waals surface area contributed by atoms with E-state index in [1.54, 1.807) is 0 Å². The van der Waals surface area contributed by atoms with E-state index in [0.717, 1.165) is 60.2 Å². The van der Waals surface area contributed by atoms with Crippen molar-refractivity contribution >= 4 is 81.1 Å². The number of benzene rings is 9. The van der Waals surface area contributed by atoms with E-state index in [1.165, 1.54) is 43.1 Å². The van der Waals surface area contributed by atoms with Gasteiger partial charge in [0.15, 0.2) is 0 Å². The van der Waals surface area contributed by atoms with Crippen LogP contribution in [0, 0.1) is 0 Å². The fourth-order valence-electron chi connectivity index (χ4n) is 8.30. The number of rotatable bonds is 2. The molecular formula is C47H27NO. The summed E-state index contributed by atoms with van der Waals surface area (Å²) in [5.74, 6) is 0. The summed E-state index contributed by atoms with van der Waals surface area (Å²) in [7, 11) is 0. The van der Waals surface area contributed by atoms with Crippen molar-refractivity contribution in [2.45, 2.75) is 0 Å². The highest BCUT2D eigenvalue weighted by molar-refractivity contribution is 6.22. The first kappa shape index (κ1) is 26.5. The Balaban J connectivity index is 1.22. The van der Waals surface area contributed by atoms with Crippen LogP contribution >= 0.6 is 0 Å². The van der Waals surface area contributed by atoms with Crippen LogP contribution < -0.4 is 5.56 Å². The lowest BCUT2D eigenvalue weighted by Gasteiger charge is -2.11. The van der Waals surface area contributed by atoms with Crippen molar-refractivity contribution in [3.05, 3.63) is 174 Å². The topological polar surface area (TPSA) is 21.5 Å². The zero-order valence-electron chi connectivity index (χ0n) is 26.4. The second-order valence-electron chi connectivity index (χ2n) is 13.3. The molecule has 11 rings (SSSR count). The van der Waals surface area contributed by atoms with Gasteiger partial charge in [0.2, 0.25) is 0 Å². The lowest BCUT2D eigenvalue weighted by atomic mass is 9.94. The summed E-state index contributed by atoms with van der Waals surface area (Å²) in [6.07, 6.45) is 0. The molecule has 49 heavy (non-hydrogen) atoms. The third kappa shape index (κ3) is 3.74. The van der Waals surface area contributed by atoms with Crippen LogP contribution in [0.25, 0.3) is 103 Å². The Kier molecular flexibility index (Phi) is 5.29. The number of pyridine rings is 1. The van der Waals surface area contributed by atoms with Gasteiger partial charge in [0.05, 0.1) is 11.0 Å². The van der Waals surface area contributed by atoms with Gasteiger partial charge < -0.3 is 0 Å². The minimum absolute atomic E-state index is 0.0259. The van der Waals surface area contributed by atoms with E-state index in [4.69, 9.17) is 0 Å². The van der Waals surface area contributed by atoms with E-state index in [-0.39, 0.29) is 5.56 Å². The van der Waals surface area contributed by atoms with Gasteiger partial charge >= 0.3 is 0 Å². The smallest absolute Gasteiger partial charge is 0.263 e. The van der Waals surface area contributed by atoms with Gasteiger partial charge in [0, 0.05) is 21.5 Å². The summed E-state index contributed by atoms with van der Waals surface area (Å²) in [4.78, 5) is 14.2. The fourth-order valence-corrected chi connectivity index (χ4v) is 8.30. The molecule has 0 saturated heterocycles. The average molecular weight is 622 g/mol. The third-order valence-corrected chi connectivity index (χ3v) is 10.7. The van der Waals surface area contributed by atoms with E-state index in [1.807, 2.05) is 22.6 Å². The average Bonchev–Trinajstić information content (AvgIpc) is 3.50. The van der Waals surface area contributed by atoms with Crippen molar-refractivity contribution in [3.63, 3.8) is 0 Å². The minimum Gasteiger partial charge on any atom is -0.275 e. The Bertz CT molecular complexity index is 3240. The number of fused-ring (bicyclic) bond motifs is 11. The Morgan fingerprint density at radius 2 is 0.714 bits per heavy atom. The lowest BCUT2D eigenvalue weighted by molar-refractivity contribution is 1.21. The van der Waals surface area contributed by atoms with Crippen LogP contribution in [0.5, 0.6) is 0 Å². The Morgan fingerprint density at radius 1 is 0.306 bits per heavy atom.